The molecular weight excluding hydrogens is 208 g/mol. The highest BCUT2D eigenvalue weighted by Gasteiger charge is 2.10. The van der Waals surface area contributed by atoms with E-state index in [1.165, 1.54) is 7.11 Å². The normalized spacial score (nSPS) is 12.1. The molecular formula is C11H16N2O3. The molecule has 1 rings (SSSR count). The minimum absolute atomic E-state index is 0.140. The Balaban J connectivity index is 2.50. The summed E-state index contributed by atoms with van der Waals surface area (Å²) in [6.07, 6.45) is -0.709. The number of rotatable bonds is 5. The number of benzene rings is 1. The van der Waals surface area contributed by atoms with Gasteiger partial charge >= 0.3 is 0 Å². The van der Waals surface area contributed by atoms with Crippen molar-refractivity contribution < 1.29 is 14.6 Å². The van der Waals surface area contributed by atoms with Crippen molar-refractivity contribution in [3.05, 3.63) is 29.8 Å². The minimum Gasteiger partial charge on any atom is -0.398 e. The van der Waals surface area contributed by atoms with Crippen molar-refractivity contribution in [3.63, 3.8) is 0 Å². The molecule has 0 aromatic heterocycles. The predicted molar refractivity (Wildman–Crippen MR) is 61.1 cm³/mol. The fourth-order valence-corrected chi connectivity index (χ4v) is 1.26. The van der Waals surface area contributed by atoms with Gasteiger partial charge < -0.3 is 20.9 Å². The molecule has 0 bridgehead atoms. The summed E-state index contributed by atoms with van der Waals surface area (Å²) in [5, 5.41) is 11.9. The fourth-order valence-electron chi connectivity index (χ4n) is 1.26. The number of para-hydroxylation sites is 1. The van der Waals surface area contributed by atoms with E-state index in [1.807, 2.05) is 0 Å². The lowest BCUT2D eigenvalue weighted by molar-refractivity contribution is 0.0610. The van der Waals surface area contributed by atoms with Gasteiger partial charge in [-0.05, 0) is 12.1 Å². The number of aliphatic hydroxyl groups is 1. The molecule has 5 nitrogen and oxygen atoms in total. The molecule has 0 fully saturated rings. The van der Waals surface area contributed by atoms with Gasteiger partial charge in [-0.3, -0.25) is 4.79 Å². The van der Waals surface area contributed by atoms with Crippen LogP contribution in [0.3, 0.4) is 0 Å². The Morgan fingerprint density at radius 3 is 2.88 bits per heavy atom. The molecule has 1 unspecified atom stereocenters. The van der Waals surface area contributed by atoms with Crippen LogP contribution in [0.15, 0.2) is 24.3 Å². The van der Waals surface area contributed by atoms with E-state index in [0.717, 1.165) is 0 Å². The molecule has 0 aliphatic rings. The average molecular weight is 224 g/mol. The number of aliphatic hydroxyl groups excluding tert-OH is 1. The van der Waals surface area contributed by atoms with Crippen LogP contribution in [0, 0.1) is 0 Å². The van der Waals surface area contributed by atoms with E-state index in [0.29, 0.717) is 11.3 Å². The fraction of sp³-hybridized carbons (Fsp3) is 0.364. The van der Waals surface area contributed by atoms with E-state index in [9.17, 15) is 9.90 Å². The van der Waals surface area contributed by atoms with Crippen LogP contribution < -0.4 is 11.1 Å². The highest BCUT2D eigenvalue weighted by atomic mass is 16.5. The van der Waals surface area contributed by atoms with Crippen LogP contribution in [-0.2, 0) is 4.74 Å². The van der Waals surface area contributed by atoms with E-state index in [-0.39, 0.29) is 19.1 Å². The molecule has 0 heterocycles. The molecule has 0 aliphatic heterocycles. The Morgan fingerprint density at radius 2 is 2.25 bits per heavy atom. The molecule has 0 saturated heterocycles. The maximum Gasteiger partial charge on any atom is 0.253 e. The van der Waals surface area contributed by atoms with Gasteiger partial charge in [-0.1, -0.05) is 12.1 Å². The second-order valence-corrected chi connectivity index (χ2v) is 3.41. The number of anilines is 1. The zero-order valence-electron chi connectivity index (χ0n) is 9.14. The maximum atomic E-state index is 11.6. The minimum atomic E-state index is -0.709. The molecule has 88 valence electrons. The van der Waals surface area contributed by atoms with Crippen molar-refractivity contribution in [2.24, 2.45) is 0 Å². The van der Waals surface area contributed by atoms with Crippen molar-refractivity contribution >= 4 is 11.6 Å². The molecule has 4 N–H and O–H groups in total. The summed E-state index contributed by atoms with van der Waals surface area (Å²) < 4.78 is 4.74. The van der Waals surface area contributed by atoms with Crippen molar-refractivity contribution in [2.75, 3.05) is 26.0 Å². The molecule has 5 heteroatoms. The van der Waals surface area contributed by atoms with Crippen molar-refractivity contribution in [1.29, 1.82) is 0 Å². The number of hydrogen-bond donors (Lipinski definition) is 3. The third-order valence-electron chi connectivity index (χ3n) is 2.06. The zero-order chi connectivity index (χ0) is 12.0. The topological polar surface area (TPSA) is 84.6 Å². The van der Waals surface area contributed by atoms with Crippen LogP contribution in [0.2, 0.25) is 0 Å². The lowest BCUT2D eigenvalue weighted by Crippen LogP contribution is -2.34. The summed E-state index contributed by atoms with van der Waals surface area (Å²) in [7, 11) is 1.49. The summed E-state index contributed by atoms with van der Waals surface area (Å²) in [6, 6.07) is 6.77. The van der Waals surface area contributed by atoms with Crippen molar-refractivity contribution in [1.82, 2.24) is 5.32 Å². The average Bonchev–Trinajstić information content (AvgIpc) is 2.27. The van der Waals surface area contributed by atoms with Gasteiger partial charge in [-0.2, -0.15) is 0 Å². The Bertz CT molecular complexity index is 355. The Kier molecular flexibility index (Phi) is 4.75. The number of methoxy groups -OCH3 is 1. The largest absolute Gasteiger partial charge is 0.398 e. The summed E-state index contributed by atoms with van der Waals surface area (Å²) >= 11 is 0. The van der Waals surface area contributed by atoms with E-state index in [1.54, 1.807) is 24.3 Å². The molecule has 0 saturated carbocycles. The molecule has 1 atom stereocenters. The molecule has 1 amide bonds. The monoisotopic (exact) mass is 224 g/mol. The van der Waals surface area contributed by atoms with Crippen molar-refractivity contribution in [2.45, 2.75) is 6.10 Å². The molecule has 0 radical (unpaired) electrons. The molecule has 0 spiro atoms. The van der Waals surface area contributed by atoms with Gasteiger partial charge in [0.05, 0.1) is 18.3 Å². The van der Waals surface area contributed by atoms with E-state index in [2.05, 4.69) is 5.32 Å². The number of nitrogens with one attached hydrogen (secondary N) is 1. The Labute approximate surface area is 94.2 Å². The van der Waals surface area contributed by atoms with Gasteiger partial charge in [-0.15, -0.1) is 0 Å². The van der Waals surface area contributed by atoms with Gasteiger partial charge in [0.15, 0.2) is 0 Å². The molecule has 1 aromatic rings. The first-order valence-corrected chi connectivity index (χ1v) is 4.95. The van der Waals surface area contributed by atoms with Crippen LogP contribution in [0.4, 0.5) is 5.69 Å². The highest BCUT2D eigenvalue weighted by Crippen LogP contribution is 2.09. The van der Waals surface area contributed by atoms with Gasteiger partial charge in [0.2, 0.25) is 0 Å². The standard InChI is InChI=1S/C11H16N2O3/c1-16-7-8(14)6-13-11(15)9-4-2-3-5-10(9)12/h2-5,8,14H,6-7,12H2,1H3,(H,13,15). The van der Waals surface area contributed by atoms with E-state index < -0.39 is 6.10 Å². The molecule has 16 heavy (non-hydrogen) atoms. The lowest BCUT2D eigenvalue weighted by atomic mass is 10.1. The number of carbonyl (C=O) groups is 1. The van der Waals surface area contributed by atoms with Gasteiger partial charge in [0.1, 0.15) is 0 Å². The van der Waals surface area contributed by atoms with Crippen LogP contribution in [0.1, 0.15) is 10.4 Å². The second kappa shape index (κ2) is 6.09. The summed E-state index contributed by atoms with van der Waals surface area (Å²) in [6.45, 7) is 0.325. The van der Waals surface area contributed by atoms with E-state index in [4.69, 9.17) is 10.5 Å². The second-order valence-electron chi connectivity index (χ2n) is 3.41. The number of carbonyl (C=O) groups excluding carboxylic acids is 1. The highest BCUT2D eigenvalue weighted by molar-refractivity contribution is 5.99. The van der Waals surface area contributed by atoms with E-state index >= 15 is 0 Å². The third kappa shape index (κ3) is 3.52. The van der Waals surface area contributed by atoms with Gasteiger partial charge in [0, 0.05) is 19.3 Å². The molecule has 0 aliphatic carbocycles. The number of amides is 1. The Hall–Kier alpha value is -1.59. The number of ether oxygens (including phenoxy) is 1. The summed E-state index contributed by atoms with van der Waals surface area (Å²) in [5.41, 5.74) is 6.47. The Morgan fingerprint density at radius 1 is 1.56 bits per heavy atom. The van der Waals surface area contributed by atoms with Crippen LogP contribution >= 0.6 is 0 Å². The number of nitrogen functional groups attached to an aromatic ring is 1. The smallest absolute Gasteiger partial charge is 0.253 e. The molecule has 1 aromatic carbocycles. The van der Waals surface area contributed by atoms with Crippen molar-refractivity contribution in [3.8, 4) is 0 Å². The van der Waals surface area contributed by atoms with Gasteiger partial charge in [0.25, 0.3) is 5.91 Å². The summed E-state index contributed by atoms with van der Waals surface area (Å²) in [4.78, 5) is 11.6. The SMILES string of the molecule is COCC(O)CNC(=O)c1ccccc1N. The third-order valence-corrected chi connectivity index (χ3v) is 2.06. The first-order chi connectivity index (χ1) is 7.65. The summed E-state index contributed by atoms with van der Waals surface area (Å²) in [5.74, 6) is -0.298. The quantitative estimate of drug-likeness (QED) is 0.615. The first kappa shape index (κ1) is 12.5. The predicted octanol–water partition coefficient (Wildman–Crippen LogP) is 0.00590. The van der Waals surface area contributed by atoms with Crippen LogP contribution in [-0.4, -0.2) is 37.4 Å². The number of hydrogen-bond acceptors (Lipinski definition) is 4. The zero-order valence-corrected chi connectivity index (χ0v) is 9.14. The number of nitrogens with two attached hydrogens (primary N) is 1. The lowest BCUT2D eigenvalue weighted by Gasteiger charge is -2.11. The first-order valence-electron chi connectivity index (χ1n) is 4.95. The van der Waals surface area contributed by atoms with Crippen LogP contribution in [0.25, 0.3) is 0 Å². The maximum absolute atomic E-state index is 11.6. The van der Waals surface area contributed by atoms with Crippen LogP contribution in [0.5, 0.6) is 0 Å². The van der Waals surface area contributed by atoms with Gasteiger partial charge in [-0.25, -0.2) is 0 Å².